The number of aryl methyl sites for hydroxylation is 1. The predicted octanol–water partition coefficient (Wildman–Crippen LogP) is 9.57. The maximum absolute atomic E-state index is 15.4. The molecule has 1 fully saturated rings. The van der Waals surface area contributed by atoms with Crippen LogP contribution in [0.3, 0.4) is 0 Å². The fraction of sp³-hybridized carbons (Fsp3) is 0.643. The number of hydrogen-bond donors (Lipinski definition) is 0. The summed E-state index contributed by atoms with van der Waals surface area (Å²) >= 11 is 1.71. The van der Waals surface area contributed by atoms with E-state index in [1.807, 2.05) is 0 Å². The van der Waals surface area contributed by atoms with E-state index in [0.717, 1.165) is 40.3 Å². The molecule has 1 saturated carbocycles. The zero-order chi connectivity index (χ0) is 20.9. The number of thiophene rings is 1. The van der Waals surface area contributed by atoms with Gasteiger partial charge in [-0.1, -0.05) is 63.3 Å². The molecule has 0 aliphatic heterocycles. The lowest BCUT2D eigenvalue weighted by Gasteiger charge is -2.28. The second-order valence-corrected chi connectivity index (χ2v) is 11.0. The monoisotopic (exact) mass is 426 g/mol. The van der Waals surface area contributed by atoms with Crippen LogP contribution >= 0.6 is 11.3 Å². The van der Waals surface area contributed by atoms with Crippen LogP contribution in [0.2, 0.25) is 0 Å². The Morgan fingerprint density at radius 1 is 0.933 bits per heavy atom. The van der Waals surface area contributed by atoms with Crippen molar-refractivity contribution in [3.8, 4) is 0 Å². The van der Waals surface area contributed by atoms with E-state index in [2.05, 4.69) is 38.1 Å². The Morgan fingerprint density at radius 3 is 2.40 bits per heavy atom. The molecule has 0 bridgehead atoms. The fourth-order valence-electron chi connectivity index (χ4n) is 5.87. The van der Waals surface area contributed by atoms with E-state index in [9.17, 15) is 0 Å². The van der Waals surface area contributed by atoms with Gasteiger partial charge in [-0.2, -0.15) is 0 Å². The Morgan fingerprint density at radius 2 is 1.70 bits per heavy atom. The van der Waals surface area contributed by atoms with Gasteiger partial charge in [-0.25, -0.2) is 4.39 Å². The fourth-order valence-corrected chi connectivity index (χ4v) is 6.97. The van der Waals surface area contributed by atoms with Gasteiger partial charge in [0.25, 0.3) is 0 Å². The van der Waals surface area contributed by atoms with Gasteiger partial charge in [0.05, 0.1) is 4.70 Å². The quantitative estimate of drug-likeness (QED) is 0.369. The third-order valence-electron chi connectivity index (χ3n) is 7.69. The maximum Gasteiger partial charge on any atom is 0.144 e. The summed E-state index contributed by atoms with van der Waals surface area (Å²) in [5, 5.41) is 1.11. The van der Waals surface area contributed by atoms with Crippen LogP contribution in [0.5, 0.6) is 0 Å². The van der Waals surface area contributed by atoms with Crippen LogP contribution in [0.15, 0.2) is 29.8 Å². The number of benzene rings is 1. The zero-order valence-electron chi connectivity index (χ0n) is 19.0. The molecule has 2 heteroatoms. The Labute approximate surface area is 187 Å². The third kappa shape index (κ3) is 5.18. The minimum atomic E-state index is 0.0852. The van der Waals surface area contributed by atoms with Gasteiger partial charge in [-0.3, -0.25) is 0 Å². The Balaban J connectivity index is 1.39. The number of hydrogen-bond acceptors (Lipinski definition) is 1. The molecule has 2 aromatic rings. The highest BCUT2D eigenvalue weighted by Gasteiger charge is 2.25. The first-order valence-electron chi connectivity index (χ1n) is 12.6. The molecule has 0 N–H and O–H groups in total. The Hall–Kier alpha value is -1.15. The molecule has 2 aliphatic rings. The smallest absolute Gasteiger partial charge is 0.144 e. The Bertz CT molecular complexity index is 853. The second kappa shape index (κ2) is 10.4. The molecule has 1 heterocycles. The summed E-state index contributed by atoms with van der Waals surface area (Å²) in [7, 11) is 0. The highest BCUT2D eigenvalue weighted by molar-refractivity contribution is 7.19. The van der Waals surface area contributed by atoms with E-state index >= 15 is 4.39 Å². The van der Waals surface area contributed by atoms with Crippen molar-refractivity contribution in [2.75, 3.05) is 0 Å². The molecule has 164 valence electrons. The van der Waals surface area contributed by atoms with Crippen molar-refractivity contribution < 1.29 is 4.39 Å². The van der Waals surface area contributed by atoms with Crippen molar-refractivity contribution in [3.05, 3.63) is 46.1 Å². The van der Waals surface area contributed by atoms with Crippen LogP contribution < -0.4 is 0 Å². The molecule has 0 spiro atoms. The Kier molecular flexibility index (Phi) is 7.68. The van der Waals surface area contributed by atoms with Crippen LogP contribution in [0.25, 0.3) is 10.1 Å². The van der Waals surface area contributed by atoms with Crippen LogP contribution in [-0.2, 0) is 6.42 Å². The minimum Gasteiger partial charge on any atom is -0.205 e. The maximum atomic E-state index is 15.4. The largest absolute Gasteiger partial charge is 0.205 e. The molecule has 0 nitrogen and oxygen atoms in total. The van der Waals surface area contributed by atoms with Crippen LogP contribution in [-0.4, -0.2) is 0 Å². The van der Waals surface area contributed by atoms with Crippen molar-refractivity contribution in [1.29, 1.82) is 0 Å². The van der Waals surface area contributed by atoms with Gasteiger partial charge >= 0.3 is 0 Å². The lowest BCUT2D eigenvalue weighted by Crippen LogP contribution is -2.14. The van der Waals surface area contributed by atoms with Gasteiger partial charge in [0.15, 0.2) is 0 Å². The molecule has 30 heavy (non-hydrogen) atoms. The zero-order valence-corrected chi connectivity index (χ0v) is 19.8. The standard InChI is InChI=1S/C28H39FS/c1-3-5-20-7-9-22(10-8-20)13-17-25-19-24-16-18-26(27(29)28(24)30-25)23-14-11-21(6-4-2)12-15-23/h9,16,18-21,23H,3-8,10-15,17H2,1-2H3. The number of allylic oxidation sites excluding steroid dienone is 2. The van der Waals surface area contributed by atoms with Gasteiger partial charge in [-0.05, 0) is 92.6 Å². The molecule has 0 saturated heterocycles. The van der Waals surface area contributed by atoms with Crippen molar-refractivity contribution in [3.63, 3.8) is 0 Å². The van der Waals surface area contributed by atoms with Gasteiger partial charge < -0.3 is 0 Å². The van der Waals surface area contributed by atoms with Crippen molar-refractivity contribution in [1.82, 2.24) is 0 Å². The summed E-state index contributed by atoms with van der Waals surface area (Å²) < 4.78 is 16.3. The van der Waals surface area contributed by atoms with E-state index in [4.69, 9.17) is 0 Å². The van der Waals surface area contributed by atoms with Crippen molar-refractivity contribution >= 4 is 21.4 Å². The average molecular weight is 427 g/mol. The highest BCUT2D eigenvalue weighted by atomic mass is 32.1. The topological polar surface area (TPSA) is 0 Å². The first kappa shape index (κ1) is 22.1. The molecule has 0 radical (unpaired) electrons. The normalized spacial score (nSPS) is 24.9. The van der Waals surface area contributed by atoms with Crippen LogP contribution in [0.4, 0.5) is 4.39 Å². The van der Waals surface area contributed by atoms with E-state index < -0.39 is 0 Å². The lowest BCUT2D eigenvalue weighted by molar-refractivity contribution is 0.305. The minimum absolute atomic E-state index is 0.0852. The van der Waals surface area contributed by atoms with E-state index in [1.54, 1.807) is 16.9 Å². The number of fused-ring (bicyclic) bond motifs is 1. The number of halogens is 1. The van der Waals surface area contributed by atoms with Crippen molar-refractivity contribution in [2.45, 2.75) is 103 Å². The molecular weight excluding hydrogens is 387 g/mol. The molecule has 2 aliphatic carbocycles. The van der Waals surface area contributed by atoms with Crippen molar-refractivity contribution in [2.24, 2.45) is 11.8 Å². The molecule has 1 aromatic carbocycles. The highest BCUT2D eigenvalue weighted by Crippen LogP contribution is 2.41. The van der Waals surface area contributed by atoms with Crippen LogP contribution in [0, 0.1) is 17.7 Å². The van der Waals surface area contributed by atoms with E-state index in [-0.39, 0.29) is 5.82 Å². The summed E-state index contributed by atoms with van der Waals surface area (Å²) in [6, 6.07) is 6.52. The molecule has 1 aromatic heterocycles. The summed E-state index contributed by atoms with van der Waals surface area (Å²) in [5.74, 6) is 2.30. The number of rotatable bonds is 8. The van der Waals surface area contributed by atoms with Gasteiger partial charge in [-0.15, -0.1) is 11.3 Å². The SMILES string of the molecule is CCCC1CC=C(CCc2cc3ccc(C4CCC(CCC)CC4)c(F)c3s2)CC1. The van der Waals surface area contributed by atoms with Gasteiger partial charge in [0.1, 0.15) is 5.82 Å². The average Bonchev–Trinajstić information content (AvgIpc) is 3.19. The molecular formula is C28H39FS. The first-order valence-corrected chi connectivity index (χ1v) is 13.4. The summed E-state index contributed by atoms with van der Waals surface area (Å²) in [6.07, 6.45) is 18.8. The summed E-state index contributed by atoms with van der Waals surface area (Å²) in [6.45, 7) is 4.57. The lowest BCUT2D eigenvalue weighted by atomic mass is 9.77. The molecule has 1 atom stereocenters. The second-order valence-electron chi connectivity index (χ2n) is 9.90. The van der Waals surface area contributed by atoms with Crippen LogP contribution in [0.1, 0.15) is 107 Å². The summed E-state index contributed by atoms with van der Waals surface area (Å²) in [4.78, 5) is 1.35. The summed E-state index contributed by atoms with van der Waals surface area (Å²) in [5.41, 5.74) is 2.62. The molecule has 1 unspecified atom stereocenters. The van der Waals surface area contributed by atoms with E-state index in [1.165, 1.54) is 75.5 Å². The van der Waals surface area contributed by atoms with E-state index in [0.29, 0.717) is 5.92 Å². The molecule has 0 amide bonds. The van der Waals surface area contributed by atoms with Gasteiger partial charge in [0.2, 0.25) is 0 Å². The predicted molar refractivity (Wildman–Crippen MR) is 130 cm³/mol. The molecule has 4 rings (SSSR count). The van der Waals surface area contributed by atoms with Gasteiger partial charge in [0, 0.05) is 4.88 Å². The first-order chi connectivity index (χ1) is 14.7. The third-order valence-corrected chi connectivity index (χ3v) is 8.90.